The van der Waals surface area contributed by atoms with Crippen molar-refractivity contribution >= 4 is 45.0 Å². The molecule has 0 radical (unpaired) electrons. The predicted molar refractivity (Wildman–Crippen MR) is 121 cm³/mol. The number of rotatable bonds is 7. The van der Waals surface area contributed by atoms with Gasteiger partial charge in [-0.25, -0.2) is 27.2 Å². The Morgan fingerprint density at radius 3 is 2.59 bits per heavy atom. The molecular formula is C22H23F2N5O4S. The molecule has 1 saturated carbocycles. The number of para-hydroxylation sites is 1. The van der Waals surface area contributed by atoms with Crippen LogP contribution in [-0.2, 0) is 20.2 Å². The highest BCUT2D eigenvalue weighted by Crippen LogP contribution is 2.37. The SMILES string of the molecule is O=C(Nc1cc(Nc2ccccc2[SH](=O)=O)c2nc(C(F)F)n(C3CCCCO3)c2n1)C1CC1. The van der Waals surface area contributed by atoms with Crippen molar-refractivity contribution in [3.05, 3.63) is 36.2 Å². The van der Waals surface area contributed by atoms with Crippen LogP contribution in [0, 0.1) is 5.92 Å². The first kappa shape index (κ1) is 22.7. The van der Waals surface area contributed by atoms with Gasteiger partial charge >= 0.3 is 0 Å². The number of aromatic nitrogens is 3. The first-order chi connectivity index (χ1) is 16.4. The second-order valence-electron chi connectivity index (χ2n) is 8.35. The summed E-state index contributed by atoms with van der Waals surface area (Å²) in [7, 11) is -2.91. The van der Waals surface area contributed by atoms with E-state index in [1.807, 2.05) is 0 Å². The number of pyridine rings is 1. The summed E-state index contributed by atoms with van der Waals surface area (Å²) in [6.45, 7) is 0.431. The number of carbonyl (C=O) groups is 1. The zero-order valence-corrected chi connectivity index (χ0v) is 18.9. The van der Waals surface area contributed by atoms with Crippen molar-refractivity contribution < 1.29 is 26.7 Å². The molecule has 2 aliphatic rings. The van der Waals surface area contributed by atoms with Crippen LogP contribution in [0.2, 0.25) is 0 Å². The molecule has 0 spiro atoms. The van der Waals surface area contributed by atoms with Gasteiger partial charge < -0.3 is 15.4 Å². The molecule has 1 amide bonds. The van der Waals surface area contributed by atoms with E-state index in [0.29, 0.717) is 13.0 Å². The quantitative estimate of drug-likeness (QED) is 0.426. The monoisotopic (exact) mass is 491 g/mol. The summed E-state index contributed by atoms with van der Waals surface area (Å²) in [5.74, 6) is -0.628. The lowest BCUT2D eigenvalue weighted by Gasteiger charge is -2.25. The average molecular weight is 492 g/mol. The van der Waals surface area contributed by atoms with Crippen molar-refractivity contribution in [2.45, 2.75) is 49.7 Å². The molecule has 2 fully saturated rings. The summed E-state index contributed by atoms with van der Waals surface area (Å²) in [6, 6.07) is 7.70. The summed E-state index contributed by atoms with van der Waals surface area (Å²) in [5.41, 5.74) is 0.761. The number of ether oxygens (including phenoxy) is 1. The third kappa shape index (κ3) is 4.47. The molecule has 34 heavy (non-hydrogen) atoms. The Morgan fingerprint density at radius 2 is 1.91 bits per heavy atom. The second kappa shape index (κ2) is 9.26. The van der Waals surface area contributed by atoms with E-state index in [1.165, 1.54) is 16.7 Å². The first-order valence-corrected chi connectivity index (χ1v) is 12.2. The smallest absolute Gasteiger partial charge is 0.295 e. The normalized spacial score (nSPS) is 18.5. The number of benzene rings is 1. The van der Waals surface area contributed by atoms with Crippen LogP contribution in [0.25, 0.3) is 11.2 Å². The lowest BCUT2D eigenvalue weighted by Crippen LogP contribution is -2.21. The zero-order valence-electron chi connectivity index (χ0n) is 18.0. The molecule has 2 aromatic heterocycles. The molecule has 3 heterocycles. The van der Waals surface area contributed by atoms with Gasteiger partial charge in [0, 0.05) is 18.6 Å². The Labute approximate surface area is 195 Å². The number of imidazole rings is 1. The van der Waals surface area contributed by atoms with Crippen molar-refractivity contribution in [3.63, 3.8) is 0 Å². The maximum Gasteiger partial charge on any atom is 0.295 e. The molecule has 3 aromatic rings. The van der Waals surface area contributed by atoms with Gasteiger partial charge in [0.1, 0.15) is 17.6 Å². The number of amides is 1. The van der Waals surface area contributed by atoms with Gasteiger partial charge in [0.05, 0.1) is 16.3 Å². The fourth-order valence-corrected chi connectivity index (χ4v) is 4.60. The number of halogens is 2. The average Bonchev–Trinajstić information content (AvgIpc) is 3.60. The molecule has 0 bridgehead atoms. The Hall–Kier alpha value is -3.12. The van der Waals surface area contributed by atoms with E-state index in [0.717, 1.165) is 25.7 Å². The number of hydrogen-bond donors (Lipinski definition) is 3. The minimum absolute atomic E-state index is 0.0372. The van der Waals surface area contributed by atoms with Gasteiger partial charge in [-0.05, 0) is 44.2 Å². The molecule has 1 saturated heterocycles. The van der Waals surface area contributed by atoms with Crippen LogP contribution >= 0.6 is 0 Å². The number of fused-ring (bicyclic) bond motifs is 1. The Balaban J connectivity index is 1.67. The summed E-state index contributed by atoms with van der Waals surface area (Å²) < 4.78 is 58.6. The summed E-state index contributed by atoms with van der Waals surface area (Å²) in [4.78, 5) is 21.1. The van der Waals surface area contributed by atoms with E-state index < -0.39 is 29.2 Å². The van der Waals surface area contributed by atoms with Gasteiger partial charge in [-0.3, -0.25) is 9.36 Å². The number of thiol groups is 1. The number of alkyl halides is 2. The van der Waals surface area contributed by atoms with Crippen LogP contribution < -0.4 is 10.6 Å². The number of carbonyl (C=O) groups excluding carboxylic acids is 1. The van der Waals surface area contributed by atoms with Crippen LogP contribution in [-0.4, -0.2) is 35.5 Å². The van der Waals surface area contributed by atoms with Gasteiger partial charge in [0.15, 0.2) is 22.2 Å². The summed E-state index contributed by atoms with van der Waals surface area (Å²) >= 11 is 0. The molecule has 2 N–H and O–H groups in total. The largest absolute Gasteiger partial charge is 0.358 e. The molecule has 5 rings (SSSR count). The van der Waals surface area contributed by atoms with E-state index in [-0.39, 0.29) is 45.1 Å². The van der Waals surface area contributed by atoms with Crippen molar-refractivity contribution in [1.29, 1.82) is 0 Å². The molecular weight excluding hydrogens is 468 g/mol. The number of hydrogen-bond acceptors (Lipinski definition) is 7. The molecule has 1 atom stereocenters. The van der Waals surface area contributed by atoms with Crippen LogP contribution in [0.1, 0.15) is 50.6 Å². The maximum atomic E-state index is 14.0. The van der Waals surface area contributed by atoms with Gasteiger partial charge in [-0.2, -0.15) is 0 Å². The highest BCUT2D eigenvalue weighted by atomic mass is 32.2. The zero-order chi connectivity index (χ0) is 23.8. The molecule has 12 heteroatoms. The van der Waals surface area contributed by atoms with Gasteiger partial charge in [-0.15, -0.1) is 0 Å². The van der Waals surface area contributed by atoms with Crippen molar-refractivity contribution in [2.24, 2.45) is 5.92 Å². The van der Waals surface area contributed by atoms with E-state index in [1.54, 1.807) is 18.2 Å². The van der Waals surface area contributed by atoms with Crippen molar-refractivity contribution in [1.82, 2.24) is 14.5 Å². The number of nitrogens with one attached hydrogen (secondary N) is 2. The van der Waals surface area contributed by atoms with Gasteiger partial charge in [0.2, 0.25) is 5.91 Å². The first-order valence-electron chi connectivity index (χ1n) is 11.1. The molecule has 1 unspecified atom stereocenters. The van der Waals surface area contributed by atoms with E-state index in [9.17, 15) is 22.0 Å². The Bertz CT molecular complexity index is 1310. The number of nitrogens with zero attached hydrogens (tertiary/aromatic N) is 3. The molecule has 180 valence electrons. The van der Waals surface area contributed by atoms with E-state index >= 15 is 0 Å². The third-order valence-electron chi connectivity index (χ3n) is 5.88. The van der Waals surface area contributed by atoms with E-state index in [2.05, 4.69) is 20.6 Å². The van der Waals surface area contributed by atoms with E-state index in [4.69, 9.17) is 4.74 Å². The Kier molecular flexibility index (Phi) is 6.17. The molecule has 9 nitrogen and oxygen atoms in total. The summed E-state index contributed by atoms with van der Waals surface area (Å²) in [5, 5.41) is 5.75. The van der Waals surface area contributed by atoms with Crippen LogP contribution in [0.15, 0.2) is 35.2 Å². The number of anilines is 3. The molecule has 1 aliphatic carbocycles. The maximum absolute atomic E-state index is 14.0. The second-order valence-corrected chi connectivity index (χ2v) is 9.35. The third-order valence-corrected chi connectivity index (χ3v) is 6.67. The van der Waals surface area contributed by atoms with Crippen LogP contribution in [0.5, 0.6) is 0 Å². The van der Waals surface area contributed by atoms with Crippen molar-refractivity contribution in [3.8, 4) is 0 Å². The lowest BCUT2D eigenvalue weighted by molar-refractivity contribution is -0.117. The minimum Gasteiger partial charge on any atom is -0.358 e. The highest BCUT2D eigenvalue weighted by molar-refractivity contribution is 7.72. The lowest BCUT2D eigenvalue weighted by atomic mass is 10.2. The van der Waals surface area contributed by atoms with Crippen LogP contribution in [0.4, 0.5) is 26.0 Å². The molecule has 1 aliphatic heterocycles. The van der Waals surface area contributed by atoms with Crippen molar-refractivity contribution in [2.75, 3.05) is 17.2 Å². The highest BCUT2D eigenvalue weighted by Gasteiger charge is 2.32. The fourth-order valence-electron chi connectivity index (χ4n) is 4.06. The Morgan fingerprint density at radius 1 is 1.12 bits per heavy atom. The summed E-state index contributed by atoms with van der Waals surface area (Å²) in [6.07, 6.45) is 0.175. The predicted octanol–water partition coefficient (Wildman–Crippen LogP) is 4.13. The van der Waals surface area contributed by atoms with Crippen LogP contribution in [0.3, 0.4) is 0 Å². The van der Waals surface area contributed by atoms with Gasteiger partial charge in [0.25, 0.3) is 6.43 Å². The minimum atomic E-state index is -2.91. The molecule has 1 aromatic carbocycles. The topological polar surface area (TPSA) is 115 Å². The fraction of sp³-hybridized carbons (Fsp3) is 0.409. The standard InChI is InChI=1S/C22H23F2N5O4S/c23-19(24)21-28-18-14(25-13-5-1-2-6-15(13)34(31)32)11-16(27-22(30)12-8-9-12)26-20(18)29(21)17-7-3-4-10-33-17/h1-2,5-6,11-12,17,19,34H,3-4,7-10H2,(H2,25,26,27,30). The van der Waals surface area contributed by atoms with Gasteiger partial charge in [-0.1, -0.05) is 12.1 Å².